The van der Waals surface area contributed by atoms with E-state index in [0.29, 0.717) is 0 Å². The van der Waals surface area contributed by atoms with E-state index in [9.17, 15) is 0 Å². The van der Waals surface area contributed by atoms with Gasteiger partial charge in [0.15, 0.2) is 0 Å². The van der Waals surface area contributed by atoms with Crippen LogP contribution in [0.5, 0.6) is 0 Å². The summed E-state index contributed by atoms with van der Waals surface area (Å²) in [6.45, 7) is 0. The molecule has 0 radical (unpaired) electrons. The molecule has 2 nitrogen and oxygen atoms in total. The summed E-state index contributed by atoms with van der Waals surface area (Å²) in [5.41, 5.74) is 19.4. The minimum atomic E-state index is -0.690. The van der Waals surface area contributed by atoms with Crippen LogP contribution < -0.4 is 4.90 Å². The van der Waals surface area contributed by atoms with Crippen molar-refractivity contribution in [1.82, 2.24) is 4.98 Å². The first-order chi connectivity index (χ1) is 34.7. The van der Waals surface area contributed by atoms with Gasteiger partial charge in [0.1, 0.15) is 5.82 Å². The third kappa shape index (κ3) is 6.10. The highest BCUT2D eigenvalue weighted by Gasteiger charge is 2.48. The standard InChI is InChI=1S/C68H44N2/c1-3-20-47(21-4-1)58-44-66(69-64-33-17-14-29-56(58)64)70(51-38-39-55-59(53-27-11-12-28-54(53)60(55)43-51)42-45-35-36-46-19-7-8-23-49(46)41-45)65-34-18-16-32-62(65)68(50-24-5-2-6-25-50)61-31-15-13-30-57(61)67-52-26-10-9-22-48(52)37-40-63(67)68/h1-44H/b59-42-. The molecule has 0 saturated heterocycles. The van der Waals surface area contributed by atoms with Gasteiger partial charge in [-0.05, 0) is 142 Å². The van der Waals surface area contributed by atoms with Gasteiger partial charge in [0.05, 0.1) is 16.6 Å². The van der Waals surface area contributed by atoms with Crippen LogP contribution in [0, 0.1) is 0 Å². The Balaban J connectivity index is 1.06. The van der Waals surface area contributed by atoms with Crippen molar-refractivity contribution in [2.75, 3.05) is 4.90 Å². The zero-order valence-electron chi connectivity index (χ0n) is 38.3. The minimum absolute atomic E-state index is 0.690. The summed E-state index contributed by atoms with van der Waals surface area (Å²) in [4.78, 5) is 8.09. The normalized spacial score (nSPS) is 14.9. The Bertz CT molecular complexity index is 4070. The third-order valence-electron chi connectivity index (χ3n) is 14.8. The molecule has 0 amide bonds. The maximum Gasteiger partial charge on any atom is 0.138 e. The van der Waals surface area contributed by atoms with Gasteiger partial charge in [-0.25, -0.2) is 4.98 Å². The van der Waals surface area contributed by atoms with E-state index in [4.69, 9.17) is 4.98 Å². The Morgan fingerprint density at radius 2 is 1.00 bits per heavy atom. The van der Waals surface area contributed by atoms with E-state index in [1.807, 2.05) is 0 Å². The molecule has 1 atom stereocenters. The van der Waals surface area contributed by atoms with Gasteiger partial charge in [-0.1, -0.05) is 224 Å². The number of pyridine rings is 1. The molecule has 12 aromatic rings. The van der Waals surface area contributed by atoms with Crippen LogP contribution in [-0.4, -0.2) is 4.98 Å². The largest absolute Gasteiger partial charge is 0.295 e. The number of para-hydroxylation sites is 2. The van der Waals surface area contributed by atoms with E-state index in [0.717, 1.165) is 39.2 Å². The molecule has 0 aliphatic heterocycles. The number of hydrogen-bond acceptors (Lipinski definition) is 2. The average Bonchev–Trinajstić information content (AvgIpc) is 3.92. The lowest BCUT2D eigenvalue weighted by Crippen LogP contribution is -2.31. The highest BCUT2D eigenvalue weighted by Crippen LogP contribution is 2.60. The number of fused-ring (bicyclic) bond motifs is 10. The van der Waals surface area contributed by atoms with E-state index in [-0.39, 0.29) is 0 Å². The molecular weight excluding hydrogens is 845 g/mol. The second kappa shape index (κ2) is 16.0. The molecule has 2 heteroatoms. The first-order valence-electron chi connectivity index (χ1n) is 24.2. The van der Waals surface area contributed by atoms with Gasteiger partial charge in [-0.3, -0.25) is 4.90 Å². The Morgan fingerprint density at radius 1 is 0.371 bits per heavy atom. The van der Waals surface area contributed by atoms with Gasteiger partial charge < -0.3 is 0 Å². The second-order valence-corrected chi connectivity index (χ2v) is 18.6. The molecule has 70 heavy (non-hydrogen) atoms. The lowest BCUT2D eigenvalue weighted by molar-refractivity contribution is 0.768. The topological polar surface area (TPSA) is 16.1 Å². The Morgan fingerprint density at radius 3 is 1.84 bits per heavy atom. The lowest BCUT2D eigenvalue weighted by Gasteiger charge is -2.38. The van der Waals surface area contributed by atoms with E-state index in [1.165, 1.54) is 88.3 Å². The Kier molecular flexibility index (Phi) is 9.15. The van der Waals surface area contributed by atoms with Crippen molar-refractivity contribution in [3.8, 4) is 33.4 Å². The zero-order chi connectivity index (χ0) is 46.2. The third-order valence-corrected chi connectivity index (χ3v) is 14.8. The maximum atomic E-state index is 5.66. The second-order valence-electron chi connectivity index (χ2n) is 18.6. The van der Waals surface area contributed by atoms with Gasteiger partial charge >= 0.3 is 0 Å². The van der Waals surface area contributed by atoms with Gasteiger partial charge in [0.25, 0.3) is 0 Å². The molecule has 0 saturated carbocycles. The van der Waals surface area contributed by atoms with Crippen molar-refractivity contribution in [3.05, 3.63) is 300 Å². The molecule has 2 aliphatic rings. The quantitative estimate of drug-likeness (QED) is 0.158. The van der Waals surface area contributed by atoms with E-state index in [1.54, 1.807) is 0 Å². The van der Waals surface area contributed by atoms with Gasteiger partial charge in [-0.15, -0.1) is 0 Å². The Labute approximate surface area is 407 Å². The maximum absolute atomic E-state index is 5.66. The molecule has 326 valence electrons. The molecule has 0 N–H and O–H groups in total. The summed E-state index contributed by atoms with van der Waals surface area (Å²) in [6, 6.07) is 95.8. The number of benzene rings is 11. The van der Waals surface area contributed by atoms with Crippen LogP contribution in [0.2, 0.25) is 0 Å². The van der Waals surface area contributed by atoms with Crippen molar-refractivity contribution in [2.24, 2.45) is 0 Å². The number of nitrogens with zero attached hydrogens (tertiary/aromatic N) is 2. The van der Waals surface area contributed by atoms with Crippen molar-refractivity contribution >= 4 is 61.3 Å². The summed E-state index contributed by atoms with van der Waals surface area (Å²) in [5.74, 6) is 0.844. The van der Waals surface area contributed by atoms with Crippen molar-refractivity contribution < 1.29 is 0 Å². The number of aromatic nitrogens is 1. The highest BCUT2D eigenvalue weighted by atomic mass is 15.2. The van der Waals surface area contributed by atoms with Crippen molar-refractivity contribution in [1.29, 1.82) is 0 Å². The predicted molar refractivity (Wildman–Crippen MR) is 293 cm³/mol. The molecule has 0 spiro atoms. The minimum Gasteiger partial charge on any atom is -0.295 e. The molecule has 14 rings (SSSR count). The van der Waals surface area contributed by atoms with E-state index >= 15 is 0 Å². The van der Waals surface area contributed by atoms with Crippen LogP contribution >= 0.6 is 0 Å². The van der Waals surface area contributed by atoms with Crippen LogP contribution in [0.25, 0.3) is 77.5 Å². The molecule has 0 bridgehead atoms. The van der Waals surface area contributed by atoms with Crippen LogP contribution in [0.3, 0.4) is 0 Å². The molecule has 11 aromatic carbocycles. The molecule has 1 unspecified atom stereocenters. The van der Waals surface area contributed by atoms with Gasteiger partial charge in [-0.2, -0.15) is 0 Å². The van der Waals surface area contributed by atoms with Crippen LogP contribution in [0.15, 0.2) is 261 Å². The summed E-state index contributed by atoms with van der Waals surface area (Å²) < 4.78 is 0. The Hall–Kier alpha value is -9.11. The van der Waals surface area contributed by atoms with Crippen LogP contribution in [0.1, 0.15) is 38.9 Å². The molecule has 0 fully saturated rings. The fraction of sp³-hybridized carbons (Fsp3) is 0.0147. The molecule has 1 aromatic heterocycles. The fourth-order valence-corrected chi connectivity index (χ4v) is 11.9. The van der Waals surface area contributed by atoms with Gasteiger partial charge in [0, 0.05) is 11.1 Å². The summed E-state index contributed by atoms with van der Waals surface area (Å²) in [7, 11) is 0. The van der Waals surface area contributed by atoms with E-state index in [2.05, 4.69) is 272 Å². The molecule has 1 heterocycles. The number of hydrogen-bond donors (Lipinski definition) is 0. The smallest absolute Gasteiger partial charge is 0.138 e. The monoisotopic (exact) mass is 888 g/mol. The SMILES string of the molecule is C(=C1\c2ccccc2-c2cc(N(c3cc(-c4ccccc4)c4ccccc4n3)c3ccccc3C3(c4ccccc4)c4ccccc4-c4c3ccc3ccccc43)ccc21)/c1ccc2ccccc2c1. The van der Waals surface area contributed by atoms with Crippen molar-refractivity contribution in [3.63, 3.8) is 0 Å². The van der Waals surface area contributed by atoms with E-state index < -0.39 is 5.41 Å². The lowest BCUT2D eigenvalue weighted by atomic mass is 9.67. The number of anilines is 3. The first kappa shape index (κ1) is 40.0. The van der Waals surface area contributed by atoms with Crippen LogP contribution in [0.4, 0.5) is 17.2 Å². The average molecular weight is 889 g/mol. The molecule has 2 aliphatic carbocycles. The summed E-state index contributed by atoms with van der Waals surface area (Å²) >= 11 is 0. The molecular formula is C68H44N2. The highest BCUT2D eigenvalue weighted by molar-refractivity contribution is 6.09. The number of rotatable bonds is 7. The predicted octanol–water partition coefficient (Wildman–Crippen LogP) is 17.6. The fourth-order valence-electron chi connectivity index (χ4n) is 11.9. The van der Waals surface area contributed by atoms with Crippen molar-refractivity contribution in [2.45, 2.75) is 5.41 Å². The van der Waals surface area contributed by atoms with Gasteiger partial charge in [0.2, 0.25) is 0 Å². The van der Waals surface area contributed by atoms with Crippen LogP contribution in [-0.2, 0) is 5.41 Å². The zero-order valence-corrected chi connectivity index (χ0v) is 38.3. The summed E-state index contributed by atoms with van der Waals surface area (Å²) in [5, 5.41) is 6.08. The first-order valence-corrected chi connectivity index (χ1v) is 24.2. The summed E-state index contributed by atoms with van der Waals surface area (Å²) in [6.07, 6.45) is 2.36.